The zero-order chi connectivity index (χ0) is 24.4. The van der Waals surface area contributed by atoms with Gasteiger partial charge in [0.1, 0.15) is 28.9 Å². The van der Waals surface area contributed by atoms with Gasteiger partial charge in [0.05, 0.1) is 12.8 Å². The first-order valence-corrected chi connectivity index (χ1v) is 11.3. The Morgan fingerprint density at radius 1 is 0.857 bits per heavy atom. The highest BCUT2D eigenvalue weighted by Gasteiger charge is 2.26. The molecule has 1 amide bonds. The van der Waals surface area contributed by atoms with E-state index in [4.69, 9.17) is 4.74 Å². The molecule has 4 aromatic rings. The number of rotatable bonds is 5. The van der Waals surface area contributed by atoms with Crippen molar-refractivity contribution < 1.29 is 18.3 Å². The predicted octanol–water partition coefficient (Wildman–Crippen LogP) is 4.79. The summed E-state index contributed by atoms with van der Waals surface area (Å²) in [6.07, 6.45) is 1.65. The highest BCUT2D eigenvalue weighted by Crippen LogP contribution is 2.29. The van der Waals surface area contributed by atoms with E-state index in [0.717, 1.165) is 11.4 Å². The predicted molar refractivity (Wildman–Crippen MR) is 130 cm³/mol. The van der Waals surface area contributed by atoms with E-state index in [9.17, 15) is 13.6 Å². The molecule has 8 heteroatoms. The van der Waals surface area contributed by atoms with Crippen LogP contribution in [0.2, 0.25) is 0 Å². The molecule has 0 spiro atoms. The zero-order valence-electron chi connectivity index (χ0n) is 19.2. The third-order valence-electron chi connectivity index (χ3n) is 6.13. The second-order valence-corrected chi connectivity index (χ2v) is 8.25. The van der Waals surface area contributed by atoms with Crippen molar-refractivity contribution in [2.75, 3.05) is 38.2 Å². The summed E-state index contributed by atoms with van der Waals surface area (Å²) in [6, 6.07) is 19.7. The molecule has 1 aromatic heterocycles. The number of benzene rings is 3. The molecule has 0 saturated carbocycles. The number of para-hydroxylation sites is 2. The molecule has 1 aliphatic rings. The molecular formula is C27H24F2N4O2. The zero-order valence-corrected chi connectivity index (χ0v) is 19.2. The van der Waals surface area contributed by atoms with Gasteiger partial charge in [-0.15, -0.1) is 0 Å². The summed E-state index contributed by atoms with van der Waals surface area (Å²) in [4.78, 5) is 22.0. The fourth-order valence-corrected chi connectivity index (χ4v) is 4.29. The number of imidazole rings is 1. The molecule has 1 aliphatic heterocycles. The van der Waals surface area contributed by atoms with Crippen LogP contribution >= 0.6 is 0 Å². The Bertz CT molecular complexity index is 1270. The van der Waals surface area contributed by atoms with E-state index in [1.807, 2.05) is 24.3 Å². The Labute approximate surface area is 202 Å². The van der Waals surface area contributed by atoms with Crippen LogP contribution < -0.4 is 9.64 Å². The molecule has 0 atom stereocenters. The Kier molecular flexibility index (Phi) is 6.18. The molecule has 2 heterocycles. The second kappa shape index (κ2) is 9.58. The van der Waals surface area contributed by atoms with Crippen LogP contribution in [0.4, 0.5) is 14.5 Å². The minimum Gasteiger partial charge on any atom is -0.495 e. The molecule has 0 radical (unpaired) electrons. The fourth-order valence-electron chi connectivity index (χ4n) is 4.29. The molecular weight excluding hydrogens is 450 g/mol. The number of piperazine rings is 1. The minimum absolute atomic E-state index is 0.186. The van der Waals surface area contributed by atoms with E-state index in [-0.39, 0.29) is 23.2 Å². The standard InChI is InChI=1S/C27H24F2N4O2/c1-35-25-5-3-2-4-24(25)31-14-16-32(17-15-31)27(34)23-18-33(22-12-10-21(29)11-13-22)26(30-23)19-6-8-20(28)9-7-19/h2-13,18H,14-17H2,1H3. The molecule has 3 aromatic carbocycles. The van der Waals surface area contributed by atoms with Gasteiger partial charge in [-0.2, -0.15) is 0 Å². The summed E-state index contributed by atoms with van der Waals surface area (Å²) in [5, 5.41) is 0. The Hall–Kier alpha value is -4.20. The first-order chi connectivity index (χ1) is 17.0. The summed E-state index contributed by atoms with van der Waals surface area (Å²) in [5.41, 5.74) is 2.58. The van der Waals surface area contributed by atoms with Gasteiger partial charge in [-0.25, -0.2) is 13.8 Å². The molecule has 6 nitrogen and oxygen atoms in total. The lowest BCUT2D eigenvalue weighted by molar-refractivity contribution is 0.0741. The lowest BCUT2D eigenvalue weighted by atomic mass is 10.2. The number of anilines is 1. The Morgan fingerprint density at radius 3 is 2.14 bits per heavy atom. The number of aromatic nitrogens is 2. The van der Waals surface area contributed by atoms with Gasteiger partial charge >= 0.3 is 0 Å². The van der Waals surface area contributed by atoms with Crippen LogP contribution in [0.3, 0.4) is 0 Å². The maximum atomic E-state index is 13.5. The van der Waals surface area contributed by atoms with Gasteiger partial charge in [0, 0.05) is 43.6 Å². The molecule has 0 bridgehead atoms. The van der Waals surface area contributed by atoms with E-state index in [1.54, 1.807) is 47.0 Å². The number of ether oxygens (including phenoxy) is 1. The summed E-state index contributed by atoms with van der Waals surface area (Å²) in [7, 11) is 1.65. The summed E-state index contributed by atoms with van der Waals surface area (Å²) >= 11 is 0. The molecule has 0 N–H and O–H groups in total. The van der Waals surface area contributed by atoms with Gasteiger partial charge in [0.25, 0.3) is 5.91 Å². The number of nitrogens with zero attached hydrogens (tertiary/aromatic N) is 4. The highest BCUT2D eigenvalue weighted by atomic mass is 19.1. The van der Waals surface area contributed by atoms with Crippen LogP contribution in [0, 0.1) is 11.6 Å². The number of hydrogen-bond acceptors (Lipinski definition) is 4. The lowest BCUT2D eigenvalue weighted by Gasteiger charge is -2.36. The van der Waals surface area contributed by atoms with Crippen molar-refractivity contribution in [3.8, 4) is 22.8 Å². The summed E-state index contributed by atoms with van der Waals surface area (Å²) in [6.45, 7) is 2.39. The molecule has 5 rings (SSSR count). The smallest absolute Gasteiger partial charge is 0.274 e. The van der Waals surface area contributed by atoms with Crippen molar-refractivity contribution >= 4 is 11.6 Å². The summed E-state index contributed by atoms with van der Waals surface area (Å²) < 4.78 is 34.2. The topological polar surface area (TPSA) is 50.6 Å². The van der Waals surface area contributed by atoms with Crippen molar-refractivity contribution in [3.05, 3.63) is 96.3 Å². The van der Waals surface area contributed by atoms with Gasteiger partial charge in [0.15, 0.2) is 0 Å². The molecule has 178 valence electrons. The fraction of sp³-hybridized carbons (Fsp3) is 0.185. The lowest BCUT2D eigenvalue weighted by Crippen LogP contribution is -2.49. The quantitative estimate of drug-likeness (QED) is 0.418. The maximum absolute atomic E-state index is 13.5. The maximum Gasteiger partial charge on any atom is 0.274 e. The first kappa shape index (κ1) is 22.6. The van der Waals surface area contributed by atoms with E-state index >= 15 is 0 Å². The minimum atomic E-state index is -0.363. The SMILES string of the molecule is COc1ccccc1N1CCN(C(=O)c2cn(-c3ccc(F)cc3)c(-c3ccc(F)cc3)n2)CC1. The van der Waals surface area contributed by atoms with Crippen LogP contribution in [0.15, 0.2) is 79.0 Å². The molecule has 1 saturated heterocycles. The summed E-state index contributed by atoms with van der Waals surface area (Å²) in [5.74, 6) is 0.370. The van der Waals surface area contributed by atoms with Crippen molar-refractivity contribution in [1.29, 1.82) is 0 Å². The average Bonchev–Trinajstić information content (AvgIpc) is 3.34. The van der Waals surface area contributed by atoms with Gasteiger partial charge in [0.2, 0.25) is 0 Å². The Balaban J connectivity index is 1.41. The van der Waals surface area contributed by atoms with Crippen molar-refractivity contribution in [2.45, 2.75) is 0 Å². The van der Waals surface area contributed by atoms with Gasteiger partial charge in [-0.3, -0.25) is 9.36 Å². The van der Waals surface area contributed by atoms with Crippen molar-refractivity contribution in [1.82, 2.24) is 14.5 Å². The van der Waals surface area contributed by atoms with E-state index in [2.05, 4.69) is 9.88 Å². The van der Waals surface area contributed by atoms with Gasteiger partial charge in [-0.1, -0.05) is 12.1 Å². The number of carbonyl (C=O) groups excluding carboxylic acids is 1. The van der Waals surface area contributed by atoms with Gasteiger partial charge in [-0.05, 0) is 60.7 Å². The number of amides is 1. The first-order valence-electron chi connectivity index (χ1n) is 11.3. The van der Waals surface area contributed by atoms with Gasteiger partial charge < -0.3 is 14.5 Å². The third kappa shape index (κ3) is 4.59. The van der Waals surface area contributed by atoms with Crippen LogP contribution in [0.25, 0.3) is 17.1 Å². The molecule has 0 unspecified atom stereocenters. The largest absolute Gasteiger partial charge is 0.495 e. The normalized spacial score (nSPS) is 13.7. The number of halogens is 2. The molecule has 35 heavy (non-hydrogen) atoms. The van der Waals surface area contributed by atoms with Crippen LogP contribution in [0.1, 0.15) is 10.5 Å². The number of hydrogen-bond donors (Lipinski definition) is 0. The second-order valence-electron chi connectivity index (χ2n) is 8.25. The van der Waals surface area contributed by atoms with Crippen molar-refractivity contribution in [3.63, 3.8) is 0 Å². The monoisotopic (exact) mass is 474 g/mol. The number of carbonyl (C=O) groups is 1. The van der Waals surface area contributed by atoms with Crippen LogP contribution in [-0.2, 0) is 0 Å². The van der Waals surface area contributed by atoms with E-state index in [1.165, 1.54) is 24.3 Å². The molecule has 0 aliphatic carbocycles. The van der Waals surface area contributed by atoms with Crippen molar-refractivity contribution in [2.24, 2.45) is 0 Å². The van der Waals surface area contributed by atoms with E-state index < -0.39 is 0 Å². The van der Waals surface area contributed by atoms with Crippen LogP contribution in [0.5, 0.6) is 5.75 Å². The number of methoxy groups -OCH3 is 1. The van der Waals surface area contributed by atoms with Crippen LogP contribution in [-0.4, -0.2) is 53.6 Å². The average molecular weight is 475 g/mol. The molecule has 1 fully saturated rings. The highest BCUT2D eigenvalue weighted by molar-refractivity contribution is 5.93. The Morgan fingerprint density at radius 2 is 1.49 bits per heavy atom. The third-order valence-corrected chi connectivity index (χ3v) is 6.13. The van der Waals surface area contributed by atoms with E-state index in [0.29, 0.717) is 43.3 Å².